The summed E-state index contributed by atoms with van der Waals surface area (Å²) in [7, 11) is 0. The lowest BCUT2D eigenvalue weighted by atomic mass is 10.1. The SMILES string of the molecule is CSCc1noc(COc2ccc3oc(=O)c4c(c3c2)CCC4)n1. The number of ether oxygens (including phenoxy) is 1. The van der Waals surface area contributed by atoms with E-state index in [-0.39, 0.29) is 12.2 Å². The van der Waals surface area contributed by atoms with Crippen LogP contribution in [0.25, 0.3) is 11.0 Å². The highest BCUT2D eigenvalue weighted by molar-refractivity contribution is 7.97. The van der Waals surface area contributed by atoms with Crippen LogP contribution in [0.15, 0.2) is 31.9 Å². The number of hydrogen-bond donors (Lipinski definition) is 0. The van der Waals surface area contributed by atoms with Crippen molar-refractivity contribution in [1.82, 2.24) is 10.1 Å². The second-order valence-electron chi connectivity index (χ2n) is 5.68. The monoisotopic (exact) mass is 344 g/mol. The lowest BCUT2D eigenvalue weighted by molar-refractivity contribution is 0.242. The summed E-state index contributed by atoms with van der Waals surface area (Å²) in [6.45, 7) is 0.214. The predicted octanol–water partition coefficient (Wildman–Crippen LogP) is 3.11. The van der Waals surface area contributed by atoms with E-state index in [1.807, 2.05) is 12.3 Å². The molecule has 1 aliphatic carbocycles. The first-order valence-corrected chi connectivity index (χ1v) is 9.16. The number of benzene rings is 1. The van der Waals surface area contributed by atoms with Gasteiger partial charge in [-0.3, -0.25) is 0 Å². The van der Waals surface area contributed by atoms with Gasteiger partial charge in [-0.25, -0.2) is 4.79 Å². The van der Waals surface area contributed by atoms with Crippen LogP contribution in [0.4, 0.5) is 0 Å². The maximum absolute atomic E-state index is 11.9. The number of aryl methyl sites for hydroxylation is 1. The van der Waals surface area contributed by atoms with Gasteiger partial charge >= 0.3 is 5.63 Å². The van der Waals surface area contributed by atoms with E-state index in [0.29, 0.717) is 28.8 Å². The normalized spacial score (nSPS) is 13.4. The Labute approximate surface area is 142 Å². The third-order valence-electron chi connectivity index (χ3n) is 4.09. The molecule has 7 heteroatoms. The van der Waals surface area contributed by atoms with E-state index < -0.39 is 0 Å². The molecule has 0 fully saturated rings. The predicted molar refractivity (Wildman–Crippen MR) is 90.4 cm³/mol. The van der Waals surface area contributed by atoms with Crippen molar-refractivity contribution in [3.8, 4) is 5.75 Å². The molecular formula is C17H16N2O4S. The summed E-state index contributed by atoms with van der Waals surface area (Å²) in [5, 5.41) is 4.84. The van der Waals surface area contributed by atoms with Crippen molar-refractivity contribution >= 4 is 22.7 Å². The summed E-state index contributed by atoms with van der Waals surface area (Å²) in [5.74, 6) is 2.52. The van der Waals surface area contributed by atoms with Crippen LogP contribution in [-0.4, -0.2) is 16.4 Å². The Morgan fingerprint density at radius 1 is 1.29 bits per heavy atom. The molecule has 0 unspecified atom stereocenters. The van der Waals surface area contributed by atoms with Gasteiger partial charge in [0, 0.05) is 10.9 Å². The molecule has 0 atom stereocenters. The Bertz CT molecular complexity index is 947. The zero-order valence-electron chi connectivity index (χ0n) is 13.2. The van der Waals surface area contributed by atoms with Crippen molar-refractivity contribution in [2.24, 2.45) is 0 Å². The van der Waals surface area contributed by atoms with Gasteiger partial charge in [0.1, 0.15) is 11.3 Å². The van der Waals surface area contributed by atoms with Crippen molar-refractivity contribution in [2.75, 3.05) is 6.26 Å². The molecule has 0 N–H and O–H groups in total. The van der Waals surface area contributed by atoms with Crippen molar-refractivity contribution in [3.63, 3.8) is 0 Å². The largest absolute Gasteiger partial charge is 0.484 e. The molecule has 0 saturated carbocycles. The maximum Gasteiger partial charge on any atom is 0.339 e. The number of hydrogen-bond acceptors (Lipinski definition) is 7. The van der Waals surface area contributed by atoms with Gasteiger partial charge in [0.25, 0.3) is 5.89 Å². The average molecular weight is 344 g/mol. The highest BCUT2D eigenvalue weighted by Crippen LogP contribution is 2.30. The van der Waals surface area contributed by atoms with Crippen molar-refractivity contribution in [2.45, 2.75) is 31.6 Å². The van der Waals surface area contributed by atoms with E-state index in [2.05, 4.69) is 10.1 Å². The molecule has 2 aromatic heterocycles. The molecule has 24 heavy (non-hydrogen) atoms. The molecular weight excluding hydrogens is 328 g/mol. The minimum absolute atomic E-state index is 0.212. The van der Waals surface area contributed by atoms with Gasteiger partial charge < -0.3 is 13.7 Å². The van der Waals surface area contributed by atoms with E-state index in [4.69, 9.17) is 13.7 Å². The highest BCUT2D eigenvalue weighted by Gasteiger charge is 2.19. The summed E-state index contributed by atoms with van der Waals surface area (Å²) in [4.78, 5) is 16.2. The topological polar surface area (TPSA) is 78.4 Å². The van der Waals surface area contributed by atoms with Crippen LogP contribution >= 0.6 is 11.8 Å². The van der Waals surface area contributed by atoms with Crippen molar-refractivity contribution in [1.29, 1.82) is 0 Å². The second kappa shape index (κ2) is 6.32. The number of nitrogens with zero attached hydrogens (tertiary/aromatic N) is 2. The maximum atomic E-state index is 11.9. The van der Waals surface area contributed by atoms with Gasteiger partial charge in [-0.1, -0.05) is 5.16 Å². The first-order chi connectivity index (χ1) is 11.7. The molecule has 4 rings (SSSR count). The fourth-order valence-electron chi connectivity index (χ4n) is 3.03. The molecule has 0 spiro atoms. The van der Waals surface area contributed by atoms with Crippen LogP contribution in [-0.2, 0) is 25.2 Å². The van der Waals surface area contributed by atoms with Crippen LogP contribution in [0.2, 0.25) is 0 Å². The van der Waals surface area contributed by atoms with E-state index in [1.165, 1.54) is 0 Å². The minimum atomic E-state index is -0.212. The van der Waals surface area contributed by atoms with Crippen LogP contribution in [0, 0.1) is 0 Å². The van der Waals surface area contributed by atoms with Crippen LogP contribution in [0.1, 0.15) is 29.3 Å². The number of rotatable bonds is 5. The molecule has 0 amide bonds. The van der Waals surface area contributed by atoms with Gasteiger partial charge in [-0.2, -0.15) is 16.7 Å². The number of aromatic nitrogens is 2. The van der Waals surface area contributed by atoms with Crippen molar-refractivity contribution in [3.05, 3.63) is 51.5 Å². The lowest BCUT2D eigenvalue weighted by Gasteiger charge is -2.07. The Hall–Kier alpha value is -2.28. The van der Waals surface area contributed by atoms with Crippen LogP contribution in [0.3, 0.4) is 0 Å². The Kier molecular flexibility index (Phi) is 4.02. The summed E-state index contributed by atoms with van der Waals surface area (Å²) < 4.78 is 16.3. The van der Waals surface area contributed by atoms with Crippen molar-refractivity contribution < 1.29 is 13.7 Å². The summed E-state index contributed by atoms with van der Waals surface area (Å²) in [5.41, 5.74) is 2.29. The summed E-state index contributed by atoms with van der Waals surface area (Å²) in [6, 6.07) is 5.48. The van der Waals surface area contributed by atoms with Gasteiger partial charge in [-0.15, -0.1) is 0 Å². The lowest BCUT2D eigenvalue weighted by Crippen LogP contribution is -2.07. The van der Waals surface area contributed by atoms with E-state index >= 15 is 0 Å². The first kappa shape index (κ1) is 15.3. The standard InChI is InChI=1S/C17H16N2O4S/c1-24-9-15-18-16(23-19-15)8-21-10-5-6-14-13(7-10)11-3-2-4-12(11)17(20)22-14/h5-7H,2-4,8-9H2,1H3. The summed E-state index contributed by atoms with van der Waals surface area (Å²) >= 11 is 1.63. The van der Waals surface area contributed by atoms with E-state index in [9.17, 15) is 4.79 Å². The quantitative estimate of drug-likeness (QED) is 0.658. The number of thioether (sulfide) groups is 1. The van der Waals surface area contributed by atoms with Gasteiger partial charge in [0.2, 0.25) is 0 Å². The molecule has 3 aromatic rings. The fraction of sp³-hybridized carbons (Fsp3) is 0.353. The molecule has 124 valence electrons. The molecule has 1 aromatic carbocycles. The molecule has 2 heterocycles. The molecule has 0 aliphatic heterocycles. The van der Waals surface area contributed by atoms with Crippen LogP contribution < -0.4 is 10.4 Å². The molecule has 0 radical (unpaired) electrons. The summed E-state index contributed by atoms with van der Waals surface area (Å²) in [6.07, 6.45) is 4.67. The Morgan fingerprint density at radius 2 is 2.17 bits per heavy atom. The average Bonchev–Trinajstić information content (AvgIpc) is 3.23. The van der Waals surface area contributed by atoms with E-state index in [0.717, 1.165) is 35.8 Å². The van der Waals surface area contributed by atoms with Gasteiger partial charge in [0.05, 0.1) is 5.75 Å². The zero-order valence-corrected chi connectivity index (χ0v) is 14.0. The minimum Gasteiger partial charge on any atom is -0.484 e. The second-order valence-corrected chi connectivity index (χ2v) is 6.55. The third-order valence-corrected chi connectivity index (χ3v) is 4.64. The highest BCUT2D eigenvalue weighted by atomic mass is 32.2. The Morgan fingerprint density at radius 3 is 3.04 bits per heavy atom. The van der Waals surface area contributed by atoms with Gasteiger partial charge in [-0.05, 0) is 49.3 Å². The third kappa shape index (κ3) is 2.80. The molecule has 6 nitrogen and oxygen atoms in total. The zero-order chi connectivity index (χ0) is 16.5. The molecule has 0 bridgehead atoms. The first-order valence-electron chi connectivity index (χ1n) is 7.76. The van der Waals surface area contributed by atoms with Gasteiger partial charge in [0.15, 0.2) is 12.4 Å². The van der Waals surface area contributed by atoms with Crippen LogP contribution in [0.5, 0.6) is 5.75 Å². The number of fused-ring (bicyclic) bond motifs is 3. The fourth-order valence-corrected chi connectivity index (χ4v) is 3.41. The molecule has 1 aliphatic rings. The van der Waals surface area contributed by atoms with E-state index in [1.54, 1.807) is 23.9 Å². The molecule has 0 saturated heterocycles. The Balaban J connectivity index is 1.58. The smallest absolute Gasteiger partial charge is 0.339 e.